The molecule has 2 aliphatic heterocycles. The number of benzene rings is 2. The Labute approximate surface area is 328 Å². The topological polar surface area (TPSA) is 103 Å². The third-order valence-electron chi connectivity index (χ3n) is 9.06. The largest absolute Gasteiger partial charge is 0.497 e. The van der Waals surface area contributed by atoms with Crippen molar-refractivity contribution in [2.24, 2.45) is 11.8 Å². The van der Waals surface area contributed by atoms with Crippen molar-refractivity contribution in [3.05, 3.63) is 59.7 Å². The molecule has 2 aliphatic rings. The molecular weight excluding hydrogens is 713 g/mol. The van der Waals surface area contributed by atoms with E-state index >= 15 is 0 Å². The number of rotatable bonds is 11. The number of methoxy groups -OCH3 is 2. The summed E-state index contributed by atoms with van der Waals surface area (Å²) in [4.78, 5) is 35.6. The summed E-state index contributed by atoms with van der Waals surface area (Å²) >= 11 is 0. The number of esters is 2. The Morgan fingerprint density at radius 1 is 0.709 bits per heavy atom. The van der Waals surface area contributed by atoms with Crippen molar-refractivity contribution >= 4 is 17.7 Å². The number of hydrogen-bond acceptors (Lipinski definition) is 9. The number of hydrogen-bond donors (Lipinski definition) is 1. The van der Waals surface area contributed by atoms with E-state index in [0.29, 0.717) is 62.4 Å². The number of likely N-dealkylation sites (tertiary alicyclic amines) is 1. The fourth-order valence-corrected chi connectivity index (χ4v) is 6.32. The van der Waals surface area contributed by atoms with Gasteiger partial charge in [0, 0.05) is 18.4 Å². The summed E-state index contributed by atoms with van der Waals surface area (Å²) in [5.74, 6) is 2.03. The van der Waals surface area contributed by atoms with E-state index in [0.717, 1.165) is 25.3 Å². The van der Waals surface area contributed by atoms with E-state index in [2.05, 4.69) is 5.32 Å². The molecule has 4 rings (SSSR count). The summed E-state index contributed by atoms with van der Waals surface area (Å²) in [5.41, 5.74) is 0.0792. The molecule has 1 N–H and O–H groups in total. The minimum atomic E-state index is -4.35. The zero-order chi connectivity index (χ0) is 40.5. The number of carbonyl (C=O) groups excluding carboxylic acids is 3. The molecule has 0 aromatic heterocycles. The molecule has 0 radical (unpaired) electrons. The molecule has 55 heavy (non-hydrogen) atoms. The number of carbonyl (C=O) groups is 3. The monoisotopic (exact) mass is 780 g/mol. The summed E-state index contributed by atoms with van der Waals surface area (Å²) < 4.78 is 61.8. The van der Waals surface area contributed by atoms with Crippen LogP contribution in [0, 0.1) is 11.8 Å². The first-order valence-electron chi connectivity index (χ1n) is 18.9. The molecule has 9 nitrogen and oxygen atoms in total. The fourth-order valence-electron chi connectivity index (χ4n) is 6.32. The highest BCUT2D eigenvalue weighted by molar-refractivity contribution is 5.94. The van der Waals surface area contributed by atoms with E-state index in [1.165, 1.54) is 37.0 Å². The average Bonchev–Trinajstić information content (AvgIpc) is 3.10. The molecule has 2 aromatic carbocycles. The zero-order valence-electron chi connectivity index (χ0n) is 33.8. The average molecular weight is 781 g/mol. The molecule has 2 fully saturated rings. The minimum absolute atomic E-state index is 0. The van der Waals surface area contributed by atoms with Gasteiger partial charge in [0.2, 0.25) is 0 Å². The molecule has 12 heteroatoms. The van der Waals surface area contributed by atoms with E-state index in [1.807, 2.05) is 41.5 Å². The normalized spacial score (nSPS) is 16.1. The van der Waals surface area contributed by atoms with Crippen LogP contribution in [0.5, 0.6) is 11.5 Å². The second-order valence-corrected chi connectivity index (χ2v) is 15.9. The van der Waals surface area contributed by atoms with Crippen molar-refractivity contribution < 1.29 is 46.5 Å². The van der Waals surface area contributed by atoms with Gasteiger partial charge in [-0.2, -0.15) is 13.2 Å². The van der Waals surface area contributed by atoms with Crippen molar-refractivity contribution in [2.75, 3.05) is 40.4 Å². The second kappa shape index (κ2) is 23.4. The van der Waals surface area contributed by atoms with E-state index < -0.39 is 17.8 Å². The highest BCUT2D eigenvalue weighted by Crippen LogP contribution is 2.40. The van der Waals surface area contributed by atoms with Gasteiger partial charge in [0.1, 0.15) is 28.7 Å². The van der Waals surface area contributed by atoms with Crippen molar-refractivity contribution in [3.63, 3.8) is 0 Å². The maximum atomic E-state index is 13.7. The van der Waals surface area contributed by atoms with Gasteiger partial charge in [0.25, 0.3) is 0 Å². The number of piperidine rings is 2. The van der Waals surface area contributed by atoms with E-state index in [4.69, 9.17) is 18.9 Å². The Hall–Kier alpha value is -3.64. The van der Waals surface area contributed by atoms with Crippen molar-refractivity contribution in [1.82, 2.24) is 10.2 Å². The Balaban J connectivity index is 0.000000467. The highest BCUT2D eigenvalue weighted by Gasteiger charge is 2.45. The van der Waals surface area contributed by atoms with Crippen LogP contribution < -0.4 is 14.8 Å². The van der Waals surface area contributed by atoms with Gasteiger partial charge >= 0.3 is 18.1 Å². The van der Waals surface area contributed by atoms with E-state index in [9.17, 15) is 27.6 Å². The lowest BCUT2D eigenvalue weighted by molar-refractivity contribution is -0.190. The number of halogens is 3. The van der Waals surface area contributed by atoms with Gasteiger partial charge < -0.3 is 24.3 Å². The van der Waals surface area contributed by atoms with Crippen molar-refractivity contribution in [3.8, 4) is 11.5 Å². The predicted molar refractivity (Wildman–Crippen MR) is 212 cm³/mol. The number of ether oxygens (including phenoxy) is 4. The molecule has 1 atom stereocenters. The minimum Gasteiger partial charge on any atom is -0.497 e. The second-order valence-electron chi connectivity index (χ2n) is 15.9. The van der Waals surface area contributed by atoms with Gasteiger partial charge in [-0.3, -0.25) is 19.3 Å². The first-order chi connectivity index (χ1) is 25.2. The number of ketones is 1. The van der Waals surface area contributed by atoms with Crippen LogP contribution in [0.25, 0.3) is 0 Å². The van der Waals surface area contributed by atoms with Gasteiger partial charge in [-0.05, 0) is 167 Å². The summed E-state index contributed by atoms with van der Waals surface area (Å²) in [6.07, 6.45) is 1.85. The van der Waals surface area contributed by atoms with Crippen LogP contribution in [0.3, 0.4) is 0 Å². The maximum Gasteiger partial charge on any atom is 0.408 e. The van der Waals surface area contributed by atoms with Gasteiger partial charge in [-0.1, -0.05) is 19.6 Å². The summed E-state index contributed by atoms with van der Waals surface area (Å²) in [6.45, 7) is 15.6. The first-order valence-corrected chi connectivity index (χ1v) is 18.9. The summed E-state index contributed by atoms with van der Waals surface area (Å²) in [5, 5.41) is 3.32. The number of nitrogens with zero attached hydrogens (tertiary/aromatic N) is 1. The standard InChI is InChI=1S/C21H30F3NO3.C12H23NO2.C9H10O2.CH4/c1-20(2,3)28-18(26)10-5-15-11-13-25(14-12-15)19(21(22,23)24)16-6-8-17(27-4)9-7-16;1-12(2,3)15-11(14)5-4-10-6-8-13-9-7-10;1-7(10)8-3-5-9(11-2)6-4-8;/h6-9,15,19H,5,10-14H2,1-4H3;10,13H,4-9H2,1-3H3;3-6H,1-2H3;1H4. The molecule has 2 aromatic rings. The Kier molecular flexibility index (Phi) is 21.0. The zero-order valence-corrected chi connectivity index (χ0v) is 33.8. The Bertz CT molecular complexity index is 1400. The molecule has 0 bridgehead atoms. The molecule has 312 valence electrons. The SMILES string of the molecule is C.CC(C)(C)OC(=O)CCC1CCNCC1.COc1ccc(C(C)=O)cc1.COc1ccc(C(N2CCC(CCC(=O)OC(C)(C)C)CC2)C(F)(F)F)cc1. The summed E-state index contributed by atoms with van der Waals surface area (Å²) in [6, 6.07) is 11.5. The van der Waals surface area contributed by atoms with Crippen LogP contribution in [-0.4, -0.2) is 80.4 Å². The summed E-state index contributed by atoms with van der Waals surface area (Å²) in [7, 11) is 3.08. The van der Waals surface area contributed by atoms with Crippen LogP contribution in [-0.2, 0) is 19.1 Å². The molecule has 0 amide bonds. The Morgan fingerprint density at radius 3 is 1.47 bits per heavy atom. The molecule has 2 heterocycles. The number of nitrogens with one attached hydrogen (secondary N) is 1. The van der Waals surface area contributed by atoms with Gasteiger partial charge in [0.15, 0.2) is 5.78 Å². The Morgan fingerprint density at radius 2 is 1.11 bits per heavy atom. The number of alkyl halides is 3. The molecule has 1 unspecified atom stereocenters. The van der Waals surface area contributed by atoms with E-state index in [-0.39, 0.29) is 42.2 Å². The smallest absolute Gasteiger partial charge is 0.408 e. The van der Waals surface area contributed by atoms with Crippen LogP contribution >= 0.6 is 0 Å². The highest BCUT2D eigenvalue weighted by atomic mass is 19.4. The lowest BCUT2D eigenvalue weighted by Gasteiger charge is -2.38. The molecule has 0 aliphatic carbocycles. The van der Waals surface area contributed by atoms with Gasteiger partial charge in [0.05, 0.1) is 14.2 Å². The van der Waals surface area contributed by atoms with Crippen molar-refractivity contribution in [1.29, 1.82) is 0 Å². The van der Waals surface area contributed by atoms with Gasteiger partial charge in [-0.25, -0.2) is 0 Å². The van der Waals surface area contributed by atoms with E-state index in [1.54, 1.807) is 50.4 Å². The van der Waals surface area contributed by atoms with Crippen LogP contribution in [0.2, 0.25) is 0 Å². The van der Waals surface area contributed by atoms with Crippen LogP contribution in [0.4, 0.5) is 13.2 Å². The fraction of sp³-hybridized carbons (Fsp3) is 0.651. The van der Waals surface area contributed by atoms with Crippen LogP contribution in [0.1, 0.15) is 129 Å². The van der Waals surface area contributed by atoms with Crippen molar-refractivity contribution in [2.45, 2.75) is 131 Å². The molecular formula is C43H67F3N2O7. The maximum absolute atomic E-state index is 13.7. The van der Waals surface area contributed by atoms with Crippen LogP contribution in [0.15, 0.2) is 48.5 Å². The predicted octanol–water partition coefficient (Wildman–Crippen LogP) is 9.77. The molecule has 0 saturated carbocycles. The molecule has 0 spiro atoms. The lowest BCUT2D eigenvalue weighted by atomic mass is 9.90. The number of Topliss-reactive ketones (excluding diaryl/α,β-unsaturated/α-hetero) is 1. The lowest BCUT2D eigenvalue weighted by Crippen LogP contribution is -2.43. The quantitative estimate of drug-likeness (QED) is 0.176. The molecule has 2 saturated heterocycles. The first kappa shape index (κ1) is 49.4. The van der Waals surface area contributed by atoms with Gasteiger partial charge in [-0.15, -0.1) is 0 Å². The third kappa shape index (κ3) is 20.2. The third-order valence-corrected chi connectivity index (χ3v) is 9.06.